The molecule has 0 aromatic rings. The topological polar surface area (TPSA) is 46.2 Å². The lowest BCUT2D eigenvalue weighted by atomic mass is 10.0. The summed E-state index contributed by atoms with van der Waals surface area (Å²) in [5.41, 5.74) is 0. The van der Waals surface area contributed by atoms with Crippen molar-refractivity contribution in [2.45, 2.75) is 49.8 Å². The molecule has 2 fully saturated rings. The maximum Gasteiger partial charge on any atom is 0.154 e. The molecule has 2 aliphatic rings. The first kappa shape index (κ1) is 11.4. The van der Waals surface area contributed by atoms with E-state index in [1.165, 1.54) is 12.8 Å². The molecule has 2 rings (SSSR count). The minimum Gasteiger partial charge on any atom is -0.316 e. The number of sulfone groups is 1. The third kappa shape index (κ3) is 2.72. The highest BCUT2D eigenvalue weighted by Gasteiger charge is 2.37. The van der Waals surface area contributed by atoms with Crippen LogP contribution < -0.4 is 5.32 Å². The van der Waals surface area contributed by atoms with E-state index in [0.29, 0.717) is 5.75 Å². The summed E-state index contributed by atoms with van der Waals surface area (Å²) in [7, 11) is -0.915. The molecule has 1 heterocycles. The maximum absolute atomic E-state index is 11.9. The summed E-state index contributed by atoms with van der Waals surface area (Å²) in [6.45, 7) is 0. The van der Waals surface area contributed by atoms with Crippen LogP contribution in [0.5, 0.6) is 0 Å². The van der Waals surface area contributed by atoms with Gasteiger partial charge in [0.1, 0.15) is 0 Å². The van der Waals surface area contributed by atoms with Crippen molar-refractivity contribution in [1.82, 2.24) is 5.32 Å². The zero-order chi connectivity index (χ0) is 10.9. The number of nitrogens with one attached hydrogen (secondary N) is 1. The van der Waals surface area contributed by atoms with Crippen molar-refractivity contribution in [2.75, 3.05) is 12.8 Å². The smallest absolute Gasteiger partial charge is 0.154 e. The van der Waals surface area contributed by atoms with Crippen LogP contribution in [0, 0.1) is 5.92 Å². The molecule has 4 heteroatoms. The van der Waals surface area contributed by atoms with Crippen LogP contribution in [0.3, 0.4) is 0 Å². The Morgan fingerprint density at radius 1 is 1.27 bits per heavy atom. The molecule has 1 aliphatic carbocycles. The highest BCUT2D eigenvalue weighted by molar-refractivity contribution is 7.92. The second-order valence-corrected chi connectivity index (χ2v) is 7.31. The van der Waals surface area contributed by atoms with E-state index in [1.54, 1.807) is 0 Å². The molecule has 0 spiro atoms. The number of rotatable bonds is 4. The maximum atomic E-state index is 11.9. The van der Waals surface area contributed by atoms with Crippen LogP contribution in [-0.2, 0) is 9.84 Å². The van der Waals surface area contributed by atoms with Gasteiger partial charge in [-0.2, -0.15) is 0 Å². The standard InChI is InChI=1S/C11H21NO2S/c1-12-10(8-9-5-6-9)11-4-2-3-7-15(11,13)14/h9-12H,2-8H2,1H3. The van der Waals surface area contributed by atoms with Crippen LogP contribution in [0.15, 0.2) is 0 Å². The van der Waals surface area contributed by atoms with Crippen LogP contribution in [-0.4, -0.2) is 32.5 Å². The van der Waals surface area contributed by atoms with E-state index in [4.69, 9.17) is 0 Å². The van der Waals surface area contributed by atoms with Crippen molar-refractivity contribution < 1.29 is 8.42 Å². The molecule has 1 saturated carbocycles. The number of hydrogen-bond acceptors (Lipinski definition) is 3. The Bertz CT molecular complexity index is 309. The Morgan fingerprint density at radius 3 is 2.53 bits per heavy atom. The van der Waals surface area contributed by atoms with Gasteiger partial charge in [-0.3, -0.25) is 0 Å². The largest absolute Gasteiger partial charge is 0.316 e. The molecular weight excluding hydrogens is 210 g/mol. The fourth-order valence-corrected chi connectivity index (χ4v) is 4.78. The minimum atomic E-state index is -2.82. The van der Waals surface area contributed by atoms with Crippen molar-refractivity contribution in [2.24, 2.45) is 5.92 Å². The Morgan fingerprint density at radius 2 is 2.00 bits per heavy atom. The molecule has 0 bridgehead atoms. The normalized spacial score (nSPS) is 32.5. The summed E-state index contributed by atoms with van der Waals surface area (Å²) in [5.74, 6) is 1.19. The first-order valence-electron chi connectivity index (χ1n) is 6.02. The predicted molar refractivity (Wildman–Crippen MR) is 61.6 cm³/mol. The molecule has 88 valence electrons. The monoisotopic (exact) mass is 231 g/mol. The summed E-state index contributed by atoms with van der Waals surface area (Å²) in [4.78, 5) is 0. The zero-order valence-electron chi connectivity index (χ0n) is 9.41. The van der Waals surface area contributed by atoms with E-state index in [2.05, 4.69) is 5.32 Å². The van der Waals surface area contributed by atoms with E-state index < -0.39 is 9.84 Å². The summed E-state index contributed by atoms with van der Waals surface area (Å²) < 4.78 is 23.9. The molecule has 2 atom stereocenters. The van der Waals surface area contributed by atoms with E-state index in [9.17, 15) is 8.42 Å². The fraction of sp³-hybridized carbons (Fsp3) is 1.00. The molecule has 15 heavy (non-hydrogen) atoms. The second-order valence-electron chi connectivity index (χ2n) is 4.98. The lowest BCUT2D eigenvalue weighted by Gasteiger charge is -2.29. The van der Waals surface area contributed by atoms with Gasteiger partial charge in [0.05, 0.1) is 11.0 Å². The van der Waals surface area contributed by atoms with Gasteiger partial charge >= 0.3 is 0 Å². The summed E-state index contributed by atoms with van der Waals surface area (Å²) in [5, 5.41) is 3.11. The zero-order valence-corrected chi connectivity index (χ0v) is 10.2. The van der Waals surface area contributed by atoms with Crippen molar-refractivity contribution in [3.05, 3.63) is 0 Å². The van der Waals surface area contributed by atoms with E-state index in [0.717, 1.165) is 31.6 Å². The highest BCUT2D eigenvalue weighted by atomic mass is 32.2. The molecule has 0 radical (unpaired) electrons. The third-order valence-electron chi connectivity index (χ3n) is 3.73. The van der Waals surface area contributed by atoms with Crippen LogP contribution >= 0.6 is 0 Å². The van der Waals surface area contributed by atoms with Crippen molar-refractivity contribution in [3.8, 4) is 0 Å². The Labute approximate surface area is 92.6 Å². The van der Waals surface area contributed by atoms with Gasteiger partial charge in [0.15, 0.2) is 9.84 Å². The Hall–Kier alpha value is -0.0900. The molecule has 1 aliphatic heterocycles. The van der Waals surface area contributed by atoms with Crippen LogP contribution in [0.4, 0.5) is 0 Å². The molecule has 0 amide bonds. The van der Waals surface area contributed by atoms with Gasteiger partial charge < -0.3 is 5.32 Å². The van der Waals surface area contributed by atoms with Gasteiger partial charge in [-0.1, -0.05) is 19.3 Å². The predicted octanol–water partition coefficient (Wildman–Crippen LogP) is 1.34. The van der Waals surface area contributed by atoms with Gasteiger partial charge in [-0.05, 0) is 32.2 Å². The van der Waals surface area contributed by atoms with Crippen LogP contribution in [0.1, 0.15) is 38.5 Å². The molecule has 1 saturated heterocycles. The molecule has 3 nitrogen and oxygen atoms in total. The highest BCUT2D eigenvalue weighted by Crippen LogP contribution is 2.36. The molecule has 0 aromatic carbocycles. The first-order chi connectivity index (χ1) is 7.13. The van der Waals surface area contributed by atoms with Gasteiger partial charge in [0, 0.05) is 6.04 Å². The van der Waals surface area contributed by atoms with E-state index in [1.807, 2.05) is 7.05 Å². The van der Waals surface area contributed by atoms with E-state index in [-0.39, 0.29) is 11.3 Å². The Balaban J connectivity index is 2.03. The van der Waals surface area contributed by atoms with Gasteiger partial charge in [0.2, 0.25) is 0 Å². The second kappa shape index (κ2) is 4.42. The molecular formula is C11H21NO2S. The minimum absolute atomic E-state index is 0.114. The van der Waals surface area contributed by atoms with Crippen molar-refractivity contribution in [1.29, 1.82) is 0 Å². The van der Waals surface area contributed by atoms with Gasteiger partial charge in [-0.15, -0.1) is 0 Å². The van der Waals surface area contributed by atoms with Crippen molar-refractivity contribution >= 4 is 9.84 Å². The summed E-state index contributed by atoms with van der Waals surface area (Å²) in [6, 6.07) is 0.197. The van der Waals surface area contributed by atoms with E-state index >= 15 is 0 Å². The molecule has 2 unspecified atom stereocenters. The third-order valence-corrected chi connectivity index (χ3v) is 6.08. The summed E-state index contributed by atoms with van der Waals surface area (Å²) >= 11 is 0. The van der Waals surface area contributed by atoms with Crippen LogP contribution in [0.25, 0.3) is 0 Å². The SMILES string of the molecule is CNC(CC1CC1)C1CCCCS1(=O)=O. The average molecular weight is 231 g/mol. The lowest BCUT2D eigenvalue weighted by molar-refractivity contribution is 0.424. The van der Waals surface area contributed by atoms with Crippen LogP contribution in [0.2, 0.25) is 0 Å². The lowest BCUT2D eigenvalue weighted by Crippen LogP contribution is -2.45. The van der Waals surface area contributed by atoms with Gasteiger partial charge in [0.25, 0.3) is 0 Å². The molecule has 1 N–H and O–H groups in total. The average Bonchev–Trinajstić information content (AvgIpc) is 2.98. The first-order valence-corrected chi connectivity index (χ1v) is 7.74. The molecule has 0 aromatic heterocycles. The quantitative estimate of drug-likeness (QED) is 0.794. The van der Waals surface area contributed by atoms with Crippen molar-refractivity contribution in [3.63, 3.8) is 0 Å². The van der Waals surface area contributed by atoms with Gasteiger partial charge in [-0.25, -0.2) is 8.42 Å². The summed E-state index contributed by atoms with van der Waals surface area (Å²) in [6.07, 6.45) is 6.45. The Kier molecular flexibility index (Phi) is 3.36. The number of hydrogen-bond donors (Lipinski definition) is 1. The fourth-order valence-electron chi connectivity index (χ4n) is 2.60.